The zero-order chi connectivity index (χ0) is 15.2. The fourth-order valence-corrected chi connectivity index (χ4v) is 2.68. The van der Waals surface area contributed by atoms with Crippen LogP contribution in [0.15, 0.2) is 30.3 Å². The van der Waals surface area contributed by atoms with Gasteiger partial charge in [0.2, 0.25) is 5.91 Å². The van der Waals surface area contributed by atoms with Crippen LogP contribution in [-0.4, -0.2) is 35.0 Å². The van der Waals surface area contributed by atoms with Gasteiger partial charge < -0.3 is 10.0 Å². The molecule has 1 unspecified atom stereocenters. The minimum absolute atomic E-state index is 0.0344. The van der Waals surface area contributed by atoms with E-state index in [0.29, 0.717) is 30.5 Å². The first kappa shape index (κ1) is 15.6. The molecule has 112 valence electrons. The number of amides is 1. The van der Waals surface area contributed by atoms with E-state index in [0.717, 1.165) is 12.0 Å². The number of carboxylic acid groups (broad SMARTS) is 1. The Kier molecular flexibility index (Phi) is 5.39. The monoisotopic (exact) mass is 307 g/mol. The molecule has 0 radical (unpaired) electrons. The topological polar surface area (TPSA) is 57.6 Å². The van der Waals surface area contributed by atoms with E-state index in [9.17, 15) is 9.59 Å². The third kappa shape index (κ3) is 4.90. The lowest BCUT2D eigenvalue weighted by Crippen LogP contribution is -2.26. The van der Waals surface area contributed by atoms with Crippen LogP contribution in [0.2, 0.25) is 5.02 Å². The van der Waals surface area contributed by atoms with Crippen LogP contribution in [0, 0.1) is 5.92 Å². The van der Waals surface area contributed by atoms with Crippen molar-refractivity contribution < 1.29 is 14.7 Å². The summed E-state index contributed by atoms with van der Waals surface area (Å²) in [6, 6.07) is 7.30. The van der Waals surface area contributed by atoms with E-state index in [4.69, 9.17) is 16.7 Å². The molecule has 2 rings (SSSR count). The molecule has 1 aliphatic rings. The van der Waals surface area contributed by atoms with Crippen molar-refractivity contribution in [1.29, 1.82) is 0 Å². The first-order valence-corrected chi connectivity index (χ1v) is 7.37. The van der Waals surface area contributed by atoms with Crippen molar-refractivity contribution >= 4 is 29.6 Å². The highest BCUT2D eigenvalue weighted by Gasteiger charge is 2.25. The van der Waals surface area contributed by atoms with Crippen LogP contribution in [0.3, 0.4) is 0 Å². The number of likely N-dealkylation sites (tertiary alicyclic amines) is 1. The second-order valence-corrected chi connectivity index (χ2v) is 5.70. The number of rotatable bonds is 5. The second kappa shape index (κ2) is 7.27. The van der Waals surface area contributed by atoms with Gasteiger partial charge in [-0.15, -0.1) is 0 Å². The molecule has 1 amide bonds. The molecule has 1 N–H and O–H groups in total. The fraction of sp³-hybridized carbons (Fsp3) is 0.375. The van der Waals surface area contributed by atoms with E-state index in [1.54, 1.807) is 29.2 Å². The van der Waals surface area contributed by atoms with E-state index in [-0.39, 0.29) is 12.3 Å². The minimum Gasteiger partial charge on any atom is -0.481 e. The summed E-state index contributed by atoms with van der Waals surface area (Å²) in [6.07, 6.45) is 4.98. The van der Waals surface area contributed by atoms with Gasteiger partial charge in [-0.1, -0.05) is 23.7 Å². The number of hydrogen-bond acceptors (Lipinski definition) is 2. The molecule has 4 nitrogen and oxygen atoms in total. The molecule has 0 aromatic heterocycles. The zero-order valence-electron chi connectivity index (χ0n) is 11.7. The standard InChI is InChI=1S/C16H18ClNO3/c17-14-3-1-2-12(10-14)4-6-15(19)18-9-8-13(11-18)5-7-16(20)21/h1-4,6,10,13H,5,7-9,11H2,(H,20,21)/b6-4+. The molecule has 21 heavy (non-hydrogen) atoms. The second-order valence-electron chi connectivity index (χ2n) is 5.26. The third-order valence-corrected chi connectivity index (χ3v) is 3.87. The van der Waals surface area contributed by atoms with Crippen LogP contribution in [0.5, 0.6) is 0 Å². The van der Waals surface area contributed by atoms with Gasteiger partial charge in [0.1, 0.15) is 0 Å². The fourth-order valence-electron chi connectivity index (χ4n) is 2.48. The molecular weight excluding hydrogens is 290 g/mol. The lowest BCUT2D eigenvalue weighted by atomic mass is 10.0. The number of carbonyl (C=O) groups excluding carboxylic acids is 1. The Morgan fingerprint density at radius 1 is 1.43 bits per heavy atom. The largest absolute Gasteiger partial charge is 0.481 e. The maximum absolute atomic E-state index is 12.1. The Morgan fingerprint density at radius 3 is 2.95 bits per heavy atom. The highest BCUT2D eigenvalue weighted by molar-refractivity contribution is 6.30. The van der Waals surface area contributed by atoms with E-state index in [1.807, 2.05) is 12.1 Å². The number of carboxylic acids is 1. The van der Waals surface area contributed by atoms with Crippen molar-refractivity contribution in [3.05, 3.63) is 40.9 Å². The van der Waals surface area contributed by atoms with Gasteiger partial charge in [-0.3, -0.25) is 9.59 Å². The number of hydrogen-bond donors (Lipinski definition) is 1. The predicted molar refractivity (Wildman–Crippen MR) is 82.0 cm³/mol. The minimum atomic E-state index is -0.777. The average Bonchev–Trinajstić information content (AvgIpc) is 2.91. The van der Waals surface area contributed by atoms with Crippen molar-refractivity contribution in [1.82, 2.24) is 4.90 Å². The van der Waals surface area contributed by atoms with E-state index < -0.39 is 5.97 Å². The Balaban J connectivity index is 1.85. The van der Waals surface area contributed by atoms with Crippen LogP contribution in [0.1, 0.15) is 24.8 Å². The van der Waals surface area contributed by atoms with Crippen molar-refractivity contribution in [3.63, 3.8) is 0 Å². The number of benzene rings is 1. The van der Waals surface area contributed by atoms with Crippen LogP contribution < -0.4 is 0 Å². The molecule has 0 bridgehead atoms. The van der Waals surface area contributed by atoms with Crippen molar-refractivity contribution in [3.8, 4) is 0 Å². The quantitative estimate of drug-likeness (QED) is 0.851. The van der Waals surface area contributed by atoms with Gasteiger partial charge in [0.05, 0.1) is 0 Å². The van der Waals surface area contributed by atoms with E-state index >= 15 is 0 Å². The zero-order valence-corrected chi connectivity index (χ0v) is 12.4. The SMILES string of the molecule is O=C(O)CCC1CCN(C(=O)/C=C/c2cccc(Cl)c2)C1. The van der Waals surface area contributed by atoms with Crippen LogP contribution >= 0.6 is 11.6 Å². The van der Waals surface area contributed by atoms with Gasteiger partial charge in [0.15, 0.2) is 0 Å². The summed E-state index contributed by atoms with van der Waals surface area (Å²) in [4.78, 5) is 24.4. The maximum atomic E-state index is 12.1. The number of carbonyl (C=O) groups is 2. The molecule has 5 heteroatoms. The smallest absolute Gasteiger partial charge is 0.303 e. The number of halogens is 1. The van der Waals surface area contributed by atoms with Crippen LogP contribution in [0.4, 0.5) is 0 Å². The molecule has 1 fully saturated rings. The summed E-state index contributed by atoms with van der Waals surface area (Å²) >= 11 is 5.89. The van der Waals surface area contributed by atoms with Gasteiger partial charge in [0, 0.05) is 30.6 Å². The molecular formula is C16H18ClNO3. The van der Waals surface area contributed by atoms with Crippen molar-refractivity contribution in [2.24, 2.45) is 5.92 Å². The normalized spacial score (nSPS) is 18.3. The third-order valence-electron chi connectivity index (χ3n) is 3.63. The van der Waals surface area contributed by atoms with Gasteiger partial charge >= 0.3 is 5.97 Å². The molecule has 1 aromatic rings. The molecule has 1 aromatic carbocycles. The van der Waals surface area contributed by atoms with Crippen LogP contribution in [0.25, 0.3) is 6.08 Å². The Bertz CT molecular complexity index is 556. The first-order chi connectivity index (χ1) is 10.0. The van der Waals surface area contributed by atoms with Gasteiger partial charge in [0.25, 0.3) is 0 Å². The van der Waals surface area contributed by atoms with Crippen molar-refractivity contribution in [2.75, 3.05) is 13.1 Å². The molecule has 1 atom stereocenters. The molecule has 0 saturated carbocycles. The van der Waals surface area contributed by atoms with Gasteiger partial charge in [-0.2, -0.15) is 0 Å². The summed E-state index contributed by atoms with van der Waals surface area (Å²) in [5.74, 6) is -0.516. The molecule has 1 heterocycles. The highest BCUT2D eigenvalue weighted by atomic mass is 35.5. The number of nitrogens with zero attached hydrogens (tertiary/aromatic N) is 1. The molecule has 1 saturated heterocycles. The Hall–Kier alpha value is -1.81. The predicted octanol–water partition coefficient (Wildman–Crippen LogP) is 3.07. The first-order valence-electron chi connectivity index (χ1n) is 6.99. The van der Waals surface area contributed by atoms with Gasteiger partial charge in [-0.25, -0.2) is 0 Å². The maximum Gasteiger partial charge on any atom is 0.303 e. The lowest BCUT2D eigenvalue weighted by molar-refractivity contribution is -0.137. The van der Waals surface area contributed by atoms with E-state index in [2.05, 4.69) is 0 Å². The summed E-state index contributed by atoms with van der Waals surface area (Å²) < 4.78 is 0. The highest BCUT2D eigenvalue weighted by Crippen LogP contribution is 2.21. The van der Waals surface area contributed by atoms with Crippen LogP contribution in [-0.2, 0) is 9.59 Å². The number of aliphatic carboxylic acids is 1. The molecule has 0 spiro atoms. The molecule has 1 aliphatic heterocycles. The molecule has 0 aliphatic carbocycles. The lowest BCUT2D eigenvalue weighted by Gasteiger charge is -2.14. The summed E-state index contributed by atoms with van der Waals surface area (Å²) in [5, 5.41) is 9.32. The van der Waals surface area contributed by atoms with Gasteiger partial charge in [-0.05, 0) is 42.5 Å². The Morgan fingerprint density at radius 2 is 2.24 bits per heavy atom. The summed E-state index contributed by atoms with van der Waals surface area (Å²) in [6.45, 7) is 1.34. The summed E-state index contributed by atoms with van der Waals surface area (Å²) in [7, 11) is 0. The Labute approximate surface area is 129 Å². The van der Waals surface area contributed by atoms with E-state index in [1.165, 1.54) is 0 Å². The van der Waals surface area contributed by atoms with Crippen molar-refractivity contribution in [2.45, 2.75) is 19.3 Å². The summed E-state index contributed by atoms with van der Waals surface area (Å²) in [5.41, 5.74) is 0.887. The average molecular weight is 308 g/mol.